The Morgan fingerprint density at radius 2 is 2.17 bits per heavy atom. The maximum absolute atomic E-state index is 8.80. The molecule has 1 aliphatic rings. The molecule has 1 saturated heterocycles. The Hall–Kier alpha value is 0.460. The number of nitrogens with zero attached hydrogens (tertiary/aromatic N) is 1. The van der Waals surface area contributed by atoms with Crippen LogP contribution in [0.3, 0.4) is 0 Å². The van der Waals surface area contributed by atoms with Crippen molar-refractivity contribution in [3.63, 3.8) is 0 Å². The summed E-state index contributed by atoms with van der Waals surface area (Å²) in [5.41, 5.74) is 5.69. The van der Waals surface area contributed by atoms with Crippen LogP contribution in [0.2, 0.25) is 0 Å². The lowest BCUT2D eigenvalue weighted by Gasteiger charge is -2.21. The smallest absolute Gasteiger partial charge is 0.0584 e. The predicted octanol–water partition coefficient (Wildman–Crippen LogP) is 0.244. The number of nitrogens with two attached hydrogens (primary N) is 1. The minimum absolute atomic E-state index is 0. The third kappa shape index (κ3) is 3.92. The van der Waals surface area contributed by atoms with E-state index in [1.54, 1.807) is 0 Å². The number of hydrogen-bond acceptors (Lipinski definition) is 3. The molecule has 1 aliphatic heterocycles. The van der Waals surface area contributed by atoms with Gasteiger partial charge in [-0.2, -0.15) is 0 Å². The lowest BCUT2D eigenvalue weighted by atomic mass is 10.3. The van der Waals surface area contributed by atoms with Gasteiger partial charge < -0.3 is 10.8 Å². The van der Waals surface area contributed by atoms with Gasteiger partial charge in [-0.25, -0.2) is 0 Å². The Bertz CT molecular complexity index is 116. The van der Waals surface area contributed by atoms with Crippen molar-refractivity contribution in [2.75, 3.05) is 19.7 Å². The van der Waals surface area contributed by atoms with Crippen molar-refractivity contribution in [1.82, 2.24) is 4.90 Å². The second-order valence-electron chi connectivity index (χ2n) is 3.08. The highest BCUT2D eigenvalue weighted by atomic mass is 35.5. The van der Waals surface area contributed by atoms with Crippen LogP contribution in [-0.2, 0) is 0 Å². The molecule has 0 aromatic heterocycles. The Kier molecular flexibility index (Phi) is 8.63. The molecule has 2 atom stereocenters. The van der Waals surface area contributed by atoms with Crippen LogP contribution >= 0.6 is 24.8 Å². The lowest BCUT2D eigenvalue weighted by Crippen LogP contribution is -2.35. The second kappa shape index (κ2) is 6.92. The minimum atomic E-state index is 0. The third-order valence-electron chi connectivity index (χ3n) is 2.14. The average molecular weight is 217 g/mol. The monoisotopic (exact) mass is 216 g/mol. The van der Waals surface area contributed by atoms with Crippen LogP contribution in [0.5, 0.6) is 0 Å². The highest BCUT2D eigenvalue weighted by Crippen LogP contribution is 2.09. The van der Waals surface area contributed by atoms with Crippen LogP contribution in [0.1, 0.15) is 13.3 Å². The van der Waals surface area contributed by atoms with Crippen molar-refractivity contribution in [2.45, 2.75) is 25.4 Å². The number of likely N-dealkylation sites (tertiary alicyclic amines) is 1. The van der Waals surface area contributed by atoms with E-state index in [0.29, 0.717) is 6.04 Å². The average Bonchev–Trinajstić information content (AvgIpc) is 2.34. The van der Waals surface area contributed by atoms with Crippen molar-refractivity contribution >= 4 is 24.8 Å². The number of hydrogen-bond donors (Lipinski definition) is 2. The van der Waals surface area contributed by atoms with Gasteiger partial charge >= 0.3 is 0 Å². The Morgan fingerprint density at radius 1 is 1.58 bits per heavy atom. The molecule has 0 bridgehead atoms. The van der Waals surface area contributed by atoms with E-state index in [4.69, 9.17) is 10.8 Å². The van der Waals surface area contributed by atoms with E-state index in [0.717, 1.165) is 19.5 Å². The Morgan fingerprint density at radius 3 is 2.50 bits per heavy atom. The van der Waals surface area contributed by atoms with Gasteiger partial charge in [0.15, 0.2) is 0 Å². The van der Waals surface area contributed by atoms with E-state index in [2.05, 4.69) is 4.90 Å². The van der Waals surface area contributed by atoms with Crippen LogP contribution in [0, 0.1) is 0 Å². The van der Waals surface area contributed by atoms with Crippen LogP contribution in [0.4, 0.5) is 0 Å². The number of rotatable bonds is 2. The lowest BCUT2D eigenvalue weighted by molar-refractivity contribution is 0.157. The quantitative estimate of drug-likeness (QED) is 0.696. The summed E-state index contributed by atoms with van der Waals surface area (Å²) in [7, 11) is 0. The fourth-order valence-electron chi connectivity index (χ4n) is 1.33. The number of aliphatic hydroxyl groups excluding tert-OH is 1. The van der Waals surface area contributed by atoms with Gasteiger partial charge in [-0.1, -0.05) is 0 Å². The Labute approximate surface area is 86.1 Å². The first-order valence-corrected chi connectivity index (χ1v) is 3.84. The normalized spacial score (nSPS) is 25.8. The molecule has 0 aromatic rings. The predicted molar refractivity (Wildman–Crippen MR) is 55.2 cm³/mol. The topological polar surface area (TPSA) is 49.5 Å². The van der Waals surface area contributed by atoms with Gasteiger partial charge in [0.05, 0.1) is 6.61 Å². The van der Waals surface area contributed by atoms with E-state index in [1.165, 1.54) is 0 Å². The Balaban J connectivity index is 0. The molecule has 0 aromatic carbocycles. The van der Waals surface area contributed by atoms with Gasteiger partial charge in [-0.3, -0.25) is 4.90 Å². The molecule has 5 heteroatoms. The van der Waals surface area contributed by atoms with Crippen molar-refractivity contribution in [3.8, 4) is 0 Å². The van der Waals surface area contributed by atoms with Gasteiger partial charge in [0.2, 0.25) is 0 Å². The molecule has 0 aliphatic carbocycles. The highest BCUT2D eigenvalue weighted by Gasteiger charge is 2.22. The fraction of sp³-hybridized carbons (Fsp3) is 1.00. The molecule has 1 heterocycles. The summed E-state index contributed by atoms with van der Waals surface area (Å²) in [5.74, 6) is 0. The van der Waals surface area contributed by atoms with Crippen molar-refractivity contribution in [2.24, 2.45) is 5.73 Å². The first kappa shape index (κ1) is 15.0. The van der Waals surface area contributed by atoms with Gasteiger partial charge in [0.1, 0.15) is 0 Å². The molecule has 3 N–H and O–H groups in total. The molecule has 76 valence electrons. The van der Waals surface area contributed by atoms with Crippen molar-refractivity contribution in [3.05, 3.63) is 0 Å². The summed E-state index contributed by atoms with van der Waals surface area (Å²) in [6.07, 6.45) is 1.07. The molecule has 0 radical (unpaired) electrons. The highest BCUT2D eigenvalue weighted by molar-refractivity contribution is 5.85. The zero-order valence-electron chi connectivity index (χ0n) is 7.27. The molecule has 1 rings (SSSR count). The standard InChI is InChI=1S/C7H16N2O.2ClH/c1-6(5-10)9-3-2-7(8)4-9;;/h6-7,10H,2-5,8H2,1H3;2*1H/t6?,7-;;/m1../s1. The van der Waals surface area contributed by atoms with Gasteiger partial charge in [0, 0.05) is 25.2 Å². The van der Waals surface area contributed by atoms with Crippen molar-refractivity contribution < 1.29 is 5.11 Å². The van der Waals surface area contributed by atoms with Gasteiger partial charge in [-0.15, -0.1) is 24.8 Å². The first-order chi connectivity index (χ1) is 4.74. The number of aliphatic hydroxyl groups is 1. The van der Waals surface area contributed by atoms with E-state index in [1.807, 2.05) is 6.92 Å². The maximum atomic E-state index is 8.80. The van der Waals surface area contributed by atoms with Crippen LogP contribution in [-0.4, -0.2) is 41.8 Å². The van der Waals surface area contributed by atoms with Crippen LogP contribution < -0.4 is 5.73 Å². The zero-order valence-corrected chi connectivity index (χ0v) is 8.90. The molecule has 1 fully saturated rings. The molecular formula is C7H18Cl2N2O. The van der Waals surface area contributed by atoms with E-state index >= 15 is 0 Å². The summed E-state index contributed by atoms with van der Waals surface area (Å²) in [4.78, 5) is 2.23. The summed E-state index contributed by atoms with van der Waals surface area (Å²) < 4.78 is 0. The molecule has 1 unspecified atom stereocenters. The molecule has 0 amide bonds. The van der Waals surface area contributed by atoms with Crippen molar-refractivity contribution in [1.29, 1.82) is 0 Å². The third-order valence-corrected chi connectivity index (χ3v) is 2.14. The zero-order chi connectivity index (χ0) is 7.56. The first-order valence-electron chi connectivity index (χ1n) is 3.84. The maximum Gasteiger partial charge on any atom is 0.0584 e. The SMILES string of the molecule is CC(CO)N1CC[C@@H](N)C1.Cl.Cl. The molecule has 12 heavy (non-hydrogen) atoms. The van der Waals surface area contributed by atoms with Crippen LogP contribution in [0.15, 0.2) is 0 Å². The second-order valence-corrected chi connectivity index (χ2v) is 3.08. The molecular weight excluding hydrogens is 199 g/mol. The molecule has 3 nitrogen and oxygen atoms in total. The van der Waals surface area contributed by atoms with E-state index < -0.39 is 0 Å². The summed E-state index contributed by atoms with van der Waals surface area (Å²) in [6.45, 7) is 4.26. The molecule has 0 saturated carbocycles. The van der Waals surface area contributed by atoms with Gasteiger partial charge in [0.25, 0.3) is 0 Å². The van der Waals surface area contributed by atoms with E-state index in [-0.39, 0.29) is 37.5 Å². The summed E-state index contributed by atoms with van der Waals surface area (Å²) in [5, 5.41) is 8.80. The van der Waals surface area contributed by atoms with E-state index in [9.17, 15) is 0 Å². The van der Waals surface area contributed by atoms with Gasteiger partial charge in [-0.05, 0) is 13.3 Å². The summed E-state index contributed by atoms with van der Waals surface area (Å²) >= 11 is 0. The van der Waals surface area contributed by atoms with Crippen LogP contribution in [0.25, 0.3) is 0 Å². The minimum Gasteiger partial charge on any atom is -0.395 e. The molecule has 0 spiro atoms. The largest absolute Gasteiger partial charge is 0.395 e. The fourth-order valence-corrected chi connectivity index (χ4v) is 1.33. The summed E-state index contributed by atoms with van der Waals surface area (Å²) in [6, 6.07) is 0.613. The number of halogens is 2.